The first-order valence-corrected chi connectivity index (χ1v) is 9.63. The van der Waals surface area contributed by atoms with Crippen molar-refractivity contribution in [2.45, 2.75) is 60.0 Å². The molecule has 2 heterocycles. The number of carbonyl (C=O) groups excluding carboxylic acids is 1. The summed E-state index contributed by atoms with van der Waals surface area (Å²) in [6.45, 7) is 10.3. The van der Waals surface area contributed by atoms with Gasteiger partial charge in [-0.3, -0.25) is 4.79 Å². The highest BCUT2D eigenvalue weighted by Crippen LogP contribution is 2.25. The first kappa shape index (κ1) is 20.0. The van der Waals surface area contributed by atoms with Gasteiger partial charge in [0.25, 0.3) is 0 Å². The number of aromatic nitrogens is 3. The minimum Gasteiger partial charge on any atom is -0.352 e. The molecule has 0 atom stereocenters. The molecule has 148 valence electrons. The number of pyridine rings is 1. The Kier molecular flexibility index (Phi) is 5.77. The molecule has 3 rings (SSSR count). The normalized spacial score (nSPS) is 11.4. The molecule has 6 heteroatoms. The average molecular weight is 382 g/mol. The molecule has 0 spiro atoms. The van der Waals surface area contributed by atoms with Crippen LogP contribution in [0.1, 0.15) is 54.3 Å². The SMILES string of the molecule is Cc1cc(CNC(=O)CCc2c(C)nc3c(cnn3C(C)C)c2C)ccc1F. The Morgan fingerprint density at radius 1 is 1.25 bits per heavy atom. The first-order valence-electron chi connectivity index (χ1n) is 9.63. The molecular formula is C22H27FN4O. The predicted molar refractivity (Wildman–Crippen MR) is 109 cm³/mol. The van der Waals surface area contributed by atoms with Gasteiger partial charge in [-0.1, -0.05) is 12.1 Å². The first-order chi connectivity index (χ1) is 13.3. The number of nitrogens with one attached hydrogen (secondary N) is 1. The van der Waals surface area contributed by atoms with Gasteiger partial charge in [-0.15, -0.1) is 0 Å². The van der Waals surface area contributed by atoms with Gasteiger partial charge in [0.15, 0.2) is 5.65 Å². The minimum atomic E-state index is -0.232. The summed E-state index contributed by atoms with van der Waals surface area (Å²) in [5, 5.41) is 8.41. The molecule has 2 aromatic heterocycles. The van der Waals surface area contributed by atoms with Crippen molar-refractivity contribution in [2.24, 2.45) is 0 Å². The number of rotatable bonds is 6. The van der Waals surface area contributed by atoms with Crippen LogP contribution < -0.4 is 5.32 Å². The number of carbonyl (C=O) groups is 1. The molecule has 1 N–H and O–H groups in total. The van der Waals surface area contributed by atoms with Gasteiger partial charge in [0.2, 0.25) is 5.91 Å². The van der Waals surface area contributed by atoms with Crippen LogP contribution in [0.15, 0.2) is 24.4 Å². The quantitative estimate of drug-likeness (QED) is 0.690. The van der Waals surface area contributed by atoms with E-state index in [2.05, 4.69) is 31.2 Å². The van der Waals surface area contributed by atoms with Gasteiger partial charge in [-0.25, -0.2) is 14.1 Å². The maximum atomic E-state index is 13.3. The Balaban J connectivity index is 1.67. The van der Waals surface area contributed by atoms with E-state index in [-0.39, 0.29) is 17.8 Å². The fourth-order valence-electron chi connectivity index (χ4n) is 3.48. The number of amides is 1. The zero-order valence-corrected chi connectivity index (χ0v) is 17.1. The van der Waals surface area contributed by atoms with Gasteiger partial charge < -0.3 is 5.32 Å². The third kappa shape index (κ3) is 4.06. The smallest absolute Gasteiger partial charge is 0.220 e. The number of hydrogen-bond donors (Lipinski definition) is 1. The number of benzene rings is 1. The molecular weight excluding hydrogens is 355 g/mol. The topological polar surface area (TPSA) is 59.8 Å². The summed E-state index contributed by atoms with van der Waals surface area (Å²) in [5.41, 5.74) is 5.54. The highest BCUT2D eigenvalue weighted by atomic mass is 19.1. The zero-order chi connectivity index (χ0) is 20.4. The molecule has 0 aliphatic rings. The van der Waals surface area contributed by atoms with Gasteiger partial charge in [0.1, 0.15) is 5.82 Å². The van der Waals surface area contributed by atoms with E-state index < -0.39 is 0 Å². The van der Waals surface area contributed by atoms with Crippen molar-refractivity contribution in [3.63, 3.8) is 0 Å². The Hall–Kier alpha value is -2.76. The van der Waals surface area contributed by atoms with E-state index in [0.29, 0.717) is 24.9 Å². The summed E-state index contributed by atoms with van der Waals surface area (Å²) in [6, 6.07) is 5.13. The molecule has 1 aromatic carbocycles. The van der Waals surface area contributed by atoms with E-state index in [0.717, 1.165) is 33.4 Å². The summed E-state index contributed by atoms with van der Waals surface area (Å²) >= 11 is 0. The molecule has 0 bridgehead atoms. The van der Waals surface area contributed by atoms with Crippen molar-refractivity contribution in [1.82, 2.24) is 20.1 Å². The van der Waals surface area contributed by atoms with Crippen LogP contribution in [0.25, 0.3) is 11.0 Å². The van der Waals surface area contributed by atoms with Crippen LogP contribution in [0.3, 0.4) is 0 Å². The van der Waals surface area contributed by atoms with Crippen molar-refractivity contribution in [3.8, 4) is 0 Å². The molecule has 0 aliphatic heterocycles. The number of hydrogen-bond acceptors (Lipinski definition) is 3. The van der Waals surface area contributed by atoms with Gasteiger partial charge >= 0.3 is 0 Å². The second kappa shape index (κ2) is 8.09. The Morgan fingerprint density at radius 2 is 2.00 bits per heavy atom. The molecule has 5 nitrogen and oxygen atoms in total. The lowest BCUT2D eigenvalue weighted by atomic mass is 10.0. The lowest BCUT2D eigenvalue weighted by Crippen LogP contribution is -2.23. The fourth-order valence-corrected chi connectivity index (χ4v) is 3.48. The summed E-state index contributed by atoms with van der Waals surface area (Å²) in [6.07, 6.45) is 2.87. The molecule has 0 saturated heterocycles. The van der Waals surface area contributed by atoms with E-state index in [1.54, 1.807) is 19.1 Å². The third-order valence-electron chi connectivity index (χ3n) is 5.14. The van der Waals surface area contributed by atoms with Gasteiger partial charge in [0, 0.05) is 30.1 Å². The summed E-state index contributed by atoms with van der Waals surface area (Å²) < 4.78 is 15.3. The monoisotopic (exact) mass is 382 g/mol. The van der Waals surface area contributed by atoms with Gasteiger partial charge in [0.05, 0.1) is 6.20 Å². The molecule has 0 radical (unpaired) electrons. The fraction of sp³-hybridized carbons (Fsp3) is 0.409. The van der Waals surface area contributed by atoms with Crippen LogP contribution in [-0.4, -0.2) is 20.7 Å². The third-order valence-corrected chi connectivity index (χ3v) is 5.14. The summed E-state index contributed by atoms with van der Waals surface area (Å²) in [5.74, 6) is -0.261. The Bertz CT molecular complexity index is 1020. The number of halogens is 1. The van der Waals surface area contributed by atoms with E-state index >= 15 is 0 Å². The molecule has 3 aromatic rings. The van der Waals surface area contributed by atoms with Crippen LogP contribution in [-0.2, 0) is 17.8 Å². The van der Waals surface area contributed by atoms with E-state index in [1.165, 1.54) is 6.07 Å². The van der Waals surface area contributed by atoms with Crippen LogP contribution in [0.2, 0.25) is 0 Å². The predicted octanol–water partition coefficient (Wildman–Crippen LogP) is 4.33. The van der Waals surface area contributed by atoms with E-state index in [1.807, 2.05) is 17.8 Å². The Labute approximate surface area is 165 Å². The zero-order valence-electron chi connectivity index (χ0n) is 17.1. The van der Waals surface area contributed by atoms with Crippen molar-refractivity contribution in [2.75, 3.05) is 0 Å². The number of aryl methyl sites for hydroxylation is 3. The molecule has 28 heavy (non-hydrogen) atoms. The lowest BCUT2D eigenvalue weighted by Gasteiger charge is -2.13. The molecule has 0 aliphatic carbocycles. The number of nitrogens with zero attached hydrogens (tertiary/aromatic N) is 3. The maximum Gasteiger partial charge on any atom is 0.220 e. The highest BCUT2D eigenvalue weighted by Gasteiger charge is 2.15. The molecule has 1 amide bonds. The second-order valence-electron chi connectivity index (χ2n) is 7.58. The van der Waals surface area contributed by atoms with Gasteiger partial charge in [-0.2, -0.15) is 5.10 Å². The van der Waals surface area contributed by atoms with Gasteiger partial charge in [-0.05, 0) is 69.4 Å². The Morgan fingerprint density at radius 3 is 2.68 bits per heavy atom. The van der Waals surface area contributed by atoms with Crippen LogP contribution in [0.5, 0.6) is 0 Å². The van der Waals surface area contributed by atoms with Crippen molar-refractivity contribution in [1.29, 1.82) is 0 Å². The standard InChI is InChI=1S/C22H27FN4O/c1-13(2)27-22-19(12-25-27)15(4)18(16(5)26-22)7-9-21(28)24-11-17-6-8-20(23)14(3)10-17/h6,8,10,12-13H,7,9,11H2,1-5H3,(H,24,28). The van der Waals surface area contributed by atoms with Crippen LogP contribution in [0.4, 0.5) is 4.39 Å². The second-order valence-corrected chi connectivity index (χ2v) is 7.58. The lowest BCUT2D eigenvalue weighted by molar-refractivity contribution is -0.121. The van der Waals surface area contributed by atoms with E-state index in [9.17, 15) is 9.18 Å². The summed E-state index contributed by atoms with van der Waals surface area (Å²) in [4.78, 5) is 17.0. The highest BCUT2D eigenvalue weighted by molar-refractivity contribution is 5.81. The molecule has 0 fully saturated rings. The van der Waals surface area contributed by atoms with Crippen molar-refractivity contribution >= 4 is 16.9 Å². The van der Waals surface area contributed by atoms with Crippen LogP contribution in [0, 0.1) is 26.6 Å². The van der Waals surface area contributed by atoms with Crippen LogP contribution >= 0.6 is 0 Å². The molecule has 0 saturated carbocycles. The number of fused-ring (bicyclic) bond motifs is 1. The largest absolute Gasteiger partial charge is 0.352 e. The molecule has 0 unspecified atom stereocenters. The minimum absolute atomic E-state index is 0.0289. The average Bonchev–Trinajstić information content (AvgIpc) is 3.06. The van der Waals surface area contributed by atoms with E-state index in [4.69, 9.17) is 4.98 Å². The van der Waals surface area contributed by atoms with Crippen molar-refractivity contribution in [3.05, 3.63) is 58.2 Å². The maximum absolute atomic E-state index is 13.3. The van der Waals surface area contributed by atoms with Crippen molar-refractivity contribution < 1.29 is 9.18 Å². The summed E-state index contributed by atoms with van der Waals surface area (Å²) in [7, 11) is 0.